The Hall–Kier alpha value is -2.47. The third-order valence-corrected chi connectivity index (χ3v) is 4.34. The van der Waals surface area contributed by atoms with Gasteiger partial charge in [0, 0.05) is 10.7 Å². The second-order valence-electron chi connectivity index (χ2n) is 5.39. The van der Waals surface area contributed by atoms with Crippen LogP contribution in [0.15, 0.2) is 53.4 Å². The molecule has 0 saturated carbocycles. The molecular weight excluding hydrogens is 368 g/mol. The third kappa shape index (κ3) is 3.23. The van der Waals surface area contributed by atoms with Crippen LogP contribution in [-0.2, 0) is 6.42 Å². The van der Waals surface area contributed by atoms with Crippen LogP contribution in [0.2, 0.25) is 0 Å². The molecule has 0 fully saturated rings. The monoisotopic (exact) mass is 384 g/mol. The van der Waals surface area contributed by atoms with Gasteiger partial charge in [-0.3, -0.25) is 9.78 Å². The smallest absolute Gasteiger partial charge is 0.259 e. The Balaban J connectivity index is 1.93. The number of carbonyl (C=O) groups excluding carboxylic acids is 1. The van der Waals surface area contributed by atoms with Crippen molar-refractivity contribution in [3.05, 3.63) is 70.2 Å². The highest BCUT2D eigenvalue weighted by molar-refractivity contribution is 9.10. The van der Waals surface area contributed by atoms with Gasteiger partial charge in [0.05, 0.1) is 35.0 Å². The van der Waals surface area contributed by atoms with E-state index in [4.69, 9.17) is 0 Å². The van der Waals surface area contributed by atoms with Crippen molar-refractivity contribution in [1.29, 1.82) is 0 Å². The summed E-state index contributed by atoms with van der Waals surface area (Å²) >= 11 is 3.43. The van der Waals surface area contributed by atoms with Crippen LogP contribution >= 0.6 is 15.9 Å². The highest BCUT2D eigenvalue weighted by Crippen LogP contribution is 2.20. The topological polar surface area (TPSA) is 59.8 Å². The number of hydrogen-bond donors (Lipinski definition) is 1. The summed E-state index contributed by atoms with van der Waals surface area (Å²) in [6, 6.07) is 9.69. The number of benzene rings is 1. The number of halogens is 1. The Labute approximate surface area is 148 Å². The summed E-state index contributed by atoms with van der Waals surface area (Å²) in [5.74, 6) is -0.175. The number of aryl methyl sites for hydroxylation is 1. The first kappa shape index (κ1) is 16.4. The highest BCUT2D eigenvalue weighted by atomic mass is 79.9. The number of pyridine rings is 1. The van der Waals surface area contributed by atoms with Crippen molar-refractivity contribution >= 4 is 27.5 Å². The Morgan fingerprint density at radius 2 is 1.96 bits per heavy atom. The zero-order chi connectivity index (χ0) is 17.1. The zero-order valence-corrected chi connectivity index (χ0v) is 15.0. The van der Waals surface area contributed by atoms with E-state index in [0.717, 1.165) is 21.4 Å². The summed E-state index contributed by atoms with van der Waals surface area (Å²) in [5.41, 5.74) is 4.05. The van der Waals surface area contributed by atoms with Gasteiger partial charge in [-0.05, 0) is 49.2 Å². The fraction of sp³-hybridized carbons (Fsp3) is 0.167. The largest absolute Gasteiger partial charge is 0.320 e. The fourth-order valence-corrected chi connectivity index (χ4v) is 2.76. The first-order valence-corrected chi connectivity index (χ1v) is 8.44. The lowest BCUT2D eigenvalue weighted by molar-refractivity contribution is 0.102. The first-order valence-electron chi connectivity index (χ1n) is 7.65. The maximum atomic E-state index is 12.6. The van der Waals surface area contributed by atoms with Gasteiger partial charge in [0.25, 0.3) is 5.91 Å². The molecule has 0 atom stereocenters. The van der Waals surface area contributed by atoms with Crippen molar-refractivity contribution in [3.63, 3.8) is 0 Å². The Morgan fingerprint density at radius 3 is 2.62 bits per heavy atom. The van der Waals surface area contributed by atoms with Crippen LogP contribution in [0.3, 0.4) is 0 Å². The molecule has 1 aromatic carbocycles. The van der Waals surface area contributed by atoms with Crippen LogP contribution in [0.4, 0.5) is 5.69 Å². The summed E-state index contributed by atoms with van der Waals surface area (Å²) in [5, 5.41) is 7.31. The Bertz CT molecular complexity index is 871. The predicted molar refractivity (Wildman–Crippen MR) is 97.6 cm³/mol. The van der Waals surface area contributed by atoms with E-state index in [-0.39, 0.29) is 5.91 Å². The Morgan fingerprint density at radius 1 is 1.21 bits per heavy atom. The molecule has 2 aromatic heterocycles. The van der Waals surface area contributed by atoms with Crippen LogP contribution in [0, 0.1) is 6.92 Å². The molecule has 0 bridgehead atoms. The molecule has 1 N–H and O–H groups in total. The molecule has 3 aromatic rings. The second-order valence-corrected chi connectivity index (χ2v) is 6.31. The van der Waals surface area contributed by atoms with E-state index >= 15 is 0 Å². The van der Waals surface area contributed by atoms with Crippen molar-refractivity contribution in [2.75, 3.05) is 5.32 Å². The van der Waals surface area contributed by atoms with Crippen molar-refractivity contribution < 1.29 is 4.79 Å². The predicted octanol–water partition coefficient (Wildman–Crippen LogP) is 4.15. The van der Waals surface area contributed by atoms with E-state index in [0.29, 0.717) is 17.7 Å². The number of hydrogen-bond acceptors (Lipinski definition) is 3. The lowest BCUT2D eigenvalue weighted by Gasteiger charge is -2.09. The van der Waals surface area contributed by atoms with Gasteiger partial charge in [-0.25, -0.2) is 4.68 Å². The maximum absolute atomic E-state index is 12.6. The van der Waals surface area contributed by atoms with E-state index in [1.807, 2.05) is 44.2 Å². The highest BCUT2D eigenvalue weighted by Gasteiger charge is 2.17. The van der Waals surface area contributed by atoms with Gasteiger partial charge in [0.15, 0.2) is 0 Å². The standard InChI is InChI=1S/C18H17BrN4O/c1-3-17-15(18(24)22-16-11-20-9-8-12(16)2)10-21-23(17)14-6-4-13(19)5-7-14/h4-11H,3H2,1-2H3,(H,22,24). The molecule has 0 radical (unpaired) electrons. The summed E-state index contributed by atoms with van der Waals surface area (Å²) in [6.45, 7) is 3.95. The molecule has 122 valence electrons. The number of nitrogens with one attached hydrogen (secondary N) is 1. The minimum absolute atomic E-state index is 0.175. The molecule has 0 aliphatic rings. The molecule has 2 heterocycles. The van der Waals surface area contributed by atoms with Gasteiger partial charge in [0.1, 0.15) is 0 Å². The number of rotatable bonds is 4. The SMILES string of the molecule is CCc1c(C(=O)Nc2cnccc2C)cnn1-c1ccc(Br)cc1. The van der Waals surface area contributed by atoms with Crippen molar-refractivity contribution in [1.82, 2.24) is 14.8 Å². The van der Waals surface area contributed by atoms with Gasteiger partial charge in [-0.1, -0.05) is 22.9 Å². The Kier molecular flexibility index (Phi) is 4.76. The number of aromatic nitrogens is 3. The second kappa shape index (κ2) is 6.97. The molecule has 5 nitrogen and oxygen atoms in total. The lowest BCUT2D eigenvalue weighted by Crippen LogP contribution is -2.15. The van der Waals surface area contributed by atoms with Gasteiger partial charge in [0.2, 0.25) is 0 Å². The molecular formula is C18H17BrN4O. The normalized spacial score (nSPS) is 10.6. The molecule has 3 rings (SSSR count). The van der Waals surface area contributed by atoms with E-state index in [9.17, 15) is 4.79 Å². The summed E-state index contributed by atoms with van der Waals surface area (Å²) in [7, 11) is 0. The van der Waals surface area contributed by atoms with Crippen molar-refractivity contribution in [2.24, 2.45) is 0 Å². The fourth-order valence-electron chi connectivity index (χ4n) is 2.49. The number of carbonyl (C=O) groups is 1. The molecule has 0 aliphatic carbocycles. The van der Waals surface area contributed by atoms with Crippen LogP contribution in [0.1, 0.15) is 28.5 Å². The van der Waals surface area contributed by atoms with Crippen LogP contribution in [0.5, 0.6) is 0 Å². The third-order valence-electron chi connectivity index (χ3n) is 3.81. The van der Waals surface area contributed by atoms with Gasteiger partial charge in [-0.2, -0.15) is 5.10 Å². The van der Waals surface area contributed by atoms with E-state index in [1.54, 1.807) is 23.3 Å². The van der Waals surface area contributed by atoms with Crippen LogP contribution < -0.4 is 5.32 Å². The summed E-state index contributed by atoms with van der Waals surface area (Å²) in [6.07, 6.45) is 5.67. The summed E-state index contributed by atoms with van der Waals surface area (Å²) in [4.78, 5) is 16.7. The molecule has 0 unspecified atom stereocenters. The quantitative estimate of drug-likeness (QED) is 0.734. The number of anilines is 1. The molecule has 1 amide bonds. The van der Waals surface area contributed by atoms with E-state index < -0.39 is 0 Å². The van der Waals surface area contributed by atoms with Gasteiger partial charge >= 0.3 is 0 Å². The minimum atomic E-state index is -0.175. The number of nitrogens with zero attached hydrogens (tertiary/aromatic N) is 3. The van der Waals surface area contributed by atoms with Crippen LogP contribution in [0.25, 0.3) is 5.69 Å². The van der Waals surface area contributed by atoms with Gasteiger partial charge < -0.3 is 5.32 Å². The van der Waals surface area contributed by atoms with Crippen molar-refractivity contribution in [3.8, 4) is 5.69 Å². The molecule has 0 aliphatic heterocycles. The zero-order valence-electron chi connectivity index (χ0n) is 13.5. The average Bonchev–Trinajstić information content (AvgIpc) is 3.01. The molecule has 6 heteroatoms. The van der Waals surface area contributed by atoms with Gasteiger partial charge in [-0.15, -0.1) is 0 Å². The minimum Gasteiger partial charge on any atom is -0.320 e. The summed E-state index contributed by atoms with van der Waals surface area (Å²) < 4.78 is 2.80. The number of amides is 1. The molecule has 0 saturated heterocycles. The first-order chi connectivity index (χ1) is 11.6. The maximum Gasteiger partial charge on any atom is 0.259 e. The van der Waals surface area contributed by atoms with E-state index in [2.05, 4.69) is 31.3 Å². The van der Waals surface area contributed by atoms with E-state index in [1.165, 1.54) is 0 Å². The average molecular weight is 385 g/mol. The van der Waals surface area contributed by atoms with Crippen molar-refractivity contribution in [2.45, 2.75) is 20.3 Å². The lowest BCUT2D eigenvalue weighted by atomic mass is 10.1. The molecule has 24 heavy (non-hydrogen) atoms. The molecule has 0 spiro atoms. The van der Waals surface area contributed by atoms with Crippen LogP contribution in [-0.4, -0.2) is 20.7 Å².